The summed E-state index contributed by atoms with van der Waals surface area (Å²) in [7, 11) is 2.14. The molecule has 0 spiro atoms. The maximum absolute atomic E-state index is 11.6. The van der Waals surface area contributed by atoms with Crippen LogP contribution in [0.5, 0.6) is 5.75 Å². The third-order valence-corrected chi connectivity index (χ3v) is 7.21. The smallest absolute Gasteiger partial charge is 0.342 e. The summed E-state index contributed by atoms with van der Waals surface area (Å²) in [6.07, 6.45) is 1.67. The molecule has 1 fully saturated rings. The summed E-state index contributed by atoms with van der Waals surface area (Å²) >= 11 is 6.59. The number of likely N-dealkylation sites (N-methyl/N-ethyl adjacent to an activating group) is 1. The standard InChI is InChI=1S/C31H35ClN4O5/c1-4-40-30(25(16-33)31(37)38)35-28-10-6-9-27(34-28)24-7-5-8-26(32)29(24)41-17-21-12-11-20(2)22(15-21)13-14-36(3)23-18-39-19-23/h5-12,15-16,23,33H,4,13-14,17-19H2,1-3H3,(H,34,35)(H,37,38)/b30-25-,33-16?. The molecule has 10 heteroatoms. The van der Waals surface area contributed by atoms with Crippen molar-refractivity contribution in [2.75, 3.05) is 38.7 Å². The van der Waals surface area contributed by atoms with Crippen molar-refractivity contribution in [2.24, 2.45) is 0 Å². The number of para-hydroxylation sites is 1. The monoisotopic (exact) mass is 578 g/mol. The number of hydrogen-bond acceptors (Lipinski definition) is 8. The third kappa shape index (κ3) is 7.64. The number of nitrogens with one attached hydrogen (secondary N) is 2. The van der Waals surface area contributed by atoms with Gasteiger partial charge < -0.3 is 30.0 Å². The fourth-order valence-electron chi connectivity index (χ4n) is 4.37. The second-order valence-corrected chi connectivity index (χ2v) is 10.2. The van der Waals surface area contributed by atoms with E-state index in [1.807, 2.05) is 18.2 Å². The minimum absolute atomic E-state index is 0.0652. The second-order valence-electron chi connectivity index (χ2n) is 9.75. The fraction of sp³-hybridized carbons (Fsp3) is 0.323. The molecule has 0 saturated carbocycles. The number of aliphatic carboxylic acids is 1. The van der Waals surface area contributed by atoms with Gasteiger partial charge in [0.25, 0.3) is 0 Å². The average molecular weight is 579 g/mol. The van der Waals surface area contributed by atoms with E-state index in [4.69, 9.17) is 31.2 Å². The first kappa shape index (κ1) is 30.0. The molecule has 0 bridgehead atoms. The Morgan fingerprint density at radius 2 is 2.02 bits per heavy atom. The second kappa shape index (κ2) is 14.1. The van der Waals surface area contributed by atoms with Crippen LogP contribution in [0.2, 0.25) is 5.02 Å². The normalized spacial score (nSPS) is 13.8. The zero-order valence-electron chi connectivity index (χ0n) is 23.4. The van der Waals surface area contributed by atoms with Crippen molar-refractivity contribution >= 4 is 29.6 Å². The molecule has 41 heavy (non-hydrogen) atoms. The number of hydrogen-bond donors (Lipinski definition) is 3. The summed E-state index contributed by atoms with van der Waals surface area (Å²) in [5.41, 5.74) is 4.50. The first-order valence-corrected chi connectivity index (χ1v) is 13.8. The molecule has 0 aliphatic carbocycles. The van der Waals surface area contributed by atoms with Gasteiger partial charge in [0.15, 0.2) is 0 Å². The maximum atomic E-state index is 11.6. The molecule has 2 aromatic carbocycles. The minimum Gasteiger partial charge on any atom is -0.487 e. The summed E-state index contributed by atoms with van der Waals surface area (Å²) in [5, 5.41) is 20.2. The molecule has 4 rings (SSSR count). The molecule has 0 amide bonds. The van der Waals surface area contributed by atoms with Crippen LogP contribution in [-0.2, 0) is 27.3 Å². The number of ether oxygens (including phenoxy) is 3. The van der Waals surface area contributed by atoms with Crippen molar-refractivity contribution in [2.45, 2.75) is 32.9 Å². The summed E-state index contributed by atoms with van der Waals surface area (Å²) in [6, 6.07) is 17.6. The van der Waals surface area contributed by atoms with E-state index in [0.717, 1.165) is 38.0 Å². The number of carbonyl (C=O) groups is 1. The van der Waals surface area contributed by atoms with E-state index in [1.54, 1.807) is 25.1 Å². The van der Waals surface area contributed by atoms with E-state index in [9.17, 15) is 9.90 Å². The van der Waals surface area contributed by atoms with Gasteiger partial charge in [-0.2, -0.15) is 0 Å². The van der Waals surface area contributed by atoms with Crippen LogP contribution in [0.25, 0.3) is 11.3 Å². The van der Waals surface area contributed by atoms with Crippen molar-refractivity contribution < 1.29 is 24.1 Å². The summed E-state index contributed by atoms with van der Waals surface area (Å²) in [6.45, 7) is 6.95. The number of rotatable bonds is 14. The van der Waals surface area contributed by atoms with Gasteiger partial charge in [0.05, 0.1) is 36.6 Å². The number of nitrogens with zero attached hydrogens (tertiary/aromatic N) is 2. The summed E-state index contributed by atoms with van der Waals surface area (Å²) < 4.78 is 17.0. The molecule has 1 aliphatic heterocycles. The van der Waals surface area contributed by atoms with E-state index in [1.165, 1.54) is 11.1 Å². The number of pyridine rings is 1. The lowest BCUT2D eigenvalue weighted by molar-refractivity contribution is -0.132. The highest BCUT2D eigenvalue weighted by Crippen LogP contribution is 2.36. The fourth-order valence-corrected chi connectivity index (χ4v) is 4.60. The van der Waals surface area contributed by atoms with E-state index in [-0.39, 0.29) is 18.1 Å². The van der Waals surface area contributed by atoms with Crippen molar-refractivity contribution in [3.05, 3.63) is 87.8 Å². The van der Waals surface area contributed by atoms with Gasteiger partial charge in [-0.15, -0.1) is 0 Å². The lowest BCUT2D eigenvalue weighted by atomic mass is 10.0. The maximum Gasteiger partial charge on any atom is 0.342 e. The molecule has 1 aliphatic rings. The van der Waals surface area contributed by atoms with Crippen LogP contribution in [0, 0.1) is 12.3 Å². The first-order valence-electron chi connectivity index (χ1n) is 13.4. The number of carboxylic acids is 1. The Balaban J connectivity index is 1.53. The third-order valence-electron chi connectivity index (χ3n) is 6.92. The van der Waals surface area contributed by atoms with Crippen molar-refractivity contribution in [1.82, 2.24) is 9.88 Å². The van der Waals surface area contributed by atoms with Gasteiger partial charge in [-0.3, -0.25) is 4.90 Å². The predicted octanol–water partition coefficient (Wildman–Crippen LogP) is 5.56. The van der Waals surface area contributed by atoms with Gasteiger partial charge in [-0.25, -0.2) is 9.78 Å². The van der Waals surface area contributed by atoms with E-state index in [0.29, 0.717) is 40.5 Å². The Hall–Kier alpha value is -3.92. The molecule has 3 aromatic rings. The predicted molar refractivity (Wildman–Crippen MR) is 160 cm³/mol. The number of anilines is 1. The molecule has 0 radical (unpaired) electrons. The number of carboxylic acid groups (broad SMARTS) is 1. The topological polar surface area (TPSA) is 117 Å². The molecule has 3 N–H and O–H groups in total. The number of aryl methyl sites for hydroxylation is 1. The molecule has 1 aromatic heterocycles. The highest BCUT2D eigenvalue weighted by Gasteiger charge is 2.22. The number of halogens is 1. The van der Waals surface area contributed by atoms with Crippen LogP contribution in [0.15, 0.2) is 66.1 Å². The minimum atomic E-state index is -1.28. The molecule has 0 atom stereocenters. The van der Waals surface area contributed by atoms with Crippen molar-refractivity contribution in [3.8, 4) is 17.0 Å². The SMILES string of the molecule is CCO/C(Nc1cccc(-c2cccc(Cl)c2OCc2ccc(C)c(CCN(C)C3COC3)c2)n1)=C(/C=N)C(=O)O. The Morgan fingerprint density at radius 3 is 2.71 bits per heavy atom. The number of aromatic nitrogens is 1. The molecule has 1 saturated heterocycles. The quantitative estimate of drug-likeness (QED) is 0.129. The van der Waals surface area contributed by atoms with Crippen LogP contribution < -0.4 is 10.1 Å². The zero-order chi connectivity index (χ0) is 29.4. The number of benzene rings is 2. The van der Waals surface area contributed by atoms with Crippen LogP contribution in [0.1, 0.15) is 23.6 Å². The van der Waals surface area contributed by atoms with Gasteiger partial charge in [0, 0.05) is 18.3 Å². The lowest BCUT2D eigenvalue weighted by Crippen LogP contribution is -2.47. The van der Waals surface area contributed by atoms with Gasteiger partial charge in [0.2, 0.25) is 5.88 Å². The average Bonchev–Trinajstić information content (AvgIpc) is 2.92. The Kier molecular flexibility index (Phi) is 10.3. The van der Waals surface area contributed by atoms with Crippen molar-refractivity contribution in [1.29, 1.82) is 5.41 Å². The van der Waals surface area contributed by atoms with E-state index < -0.39 is 5.97 Å². The van der Waals surface area contributed by atoms with Gasteiger partial charge in [-0.1, -0.05) is 41.9 Å². The van der Waals surface area contributed by atoms with Crippen LogP contribution >= 0.6 is 11.6 Å². The molecule has 0 unspecified atom stereocenters. The summed E-state index contributed by atoms with van der Waals surface area (Å²) in [5.74, 6) is -0.502. The highest BCUT2D eigenvalue weighted by molar-refractivity contribution is 6.32. The van der Waals surface area contributed by atoms with Crippen LogP contribution in [0.4, 0.5) is 5.82 Å². The lowest BCUT2D eigenvalue weighted by Gasteiger charge is -2.34. The van der Waals surface area contributed by atoms with E-state index >= 15 is 0 Å². The van der Waals surface area contributed by atoms with Gasteiger partial charge >= 0.3 is 5.97 Å². The Morgan fingerprint density at radius 1 is 1.24 bits per heavy atom. The summed E-state index contributed by atoms with van der Waals surface area (Å²) in [4.78, 5) is 18.5. The zero-order valence-corrected chi connectivity index (χ0v) is 24.2. The van der Waals surface area contributed by atoms with Gasteiger partial charge in [-0.05, 0) is 68.3 Å². The first-order chi connectivity index (χ1) is 19.8. The Bertz CT molecular complexity index is 1420. The Labute approximate surface area is 245 Å². The molecule has 216 valence electrons. The molecule has 9 nitrogen and oxygen atoms in total. The largest absolute Gasteiger partial charge is 0.487 e. The van der Waals surface area contributed by atoms with Crippen LogP contribution in [-0.4, -0.2) is 66.6 Å². The highest BCUT2D eigenvalue weighted by atomic mass is 35.5. The van der Waals surface area contributed by atoms with Crippen molar-refractivity contribution in [3.63, 3.8) is 0 Å². The molecular formula is C31H35ClN4O5. The molecular weight excluding hydrogens is 544 g/mol. The molecule has 2 heterocycles. The van der Waals surface area contributed by atoms with Crippen LogP contribution in [0.3, 0.4) is 0 Å². The van der Waals surface area contributed by atoms with E-state index in [2.05, 4.69) is 47.4 Å². The van der Waals surface area contributed by atoms with Gasteiger partial charge in [0.1, 0.15) is 23.7 Å².